The first-order valence-electron chi connectivity index (χ1n) is 7.84. The van der Waals surface area contributed by atoms with E-state index in [9.17, 15) is 23.1 Å². The second-order valence-electron chi connectivity index (χ2n) is 5.61. The third-order valence-electron chi connectivity index (χ3n) is 3.69. The first-order valence-corrected chi connectivity index (χ1v) is 8.63. The number of carbonyl (C=O) groups is 1. The fraction of sp³-hybridized carbons (Fsp3) is 0.0526. The Bertz CT molecular complexity index is 1040. The van der Waals surface area contributed by atoms with Crippen LogP contribution in [0.25, 0.3) is 11.3 Å². The van der Waals surface area contributed by atoms with Crippen molar-refractivity contribution in [2.24, 2.45) is 5.10 Å². The molecule has 0 aliphatic carbocycles. The fourth-order valence-corrected chi connectivity index (χ4v) is 2.78. The van der Waals surface area contributed by atoms with Crippen LogP contribution in [0, 0.1) is 0 Å². The number of nitrogens with one attached hydrogen (secondary N) is 1. The Balaban J connectivity index is 1.75. The van der Waals surface area contributed by atoms with Gasteiger partial charge in [0.1, 0.15) is 17.3 Å². The number of hydrogen-bond acceptors (Lipinski definition) is 4. The van der Waals surface area contributed by atoms with Crippen molar-refractivity contribution in [3.05, 3.63) is 76.0 Å². The van der Waals surface area contributed by atoms with Gasteiger partial charge in [-0.05, 0) is 36.4 Å². The monoisotopic (exact) mass is 452 g/mol. The zero-order valence-electron chi connectivity index (χ0n) is 14.0. The van der Waals surface area contributed by atoms with Crippen molar-refractivity contribution < 1.29 is 27.5 Å². The van der Waals surface area contributed by atoms with Crippen LogP contribution in [-0.4, -0.2) is 17.2 Å². The molecule has 28 heavy (non-hydrogen) atoms. The van der Waals surface area contributed by atoms with Crippen molar-refractivity contribution in [1.29, 1.82) is 0 Å². The summed E-state index contributed by atoms with van der Waals surface area (Å²) in [6.45, 7) is 0. The van der Waals surface area contributed by atoms with E-state index in [1.165, 1.54) is 42.5 Å². The molecule has 9 heteroatoms. The van der Waals surface area contributed by atoms with Crippen molar-refractivity contribution in [2.45, 2.75) is 6.18 Å². The van der Waals surface area contributed by atoms with Crippen molar-refractivity contribution in [3.63, 3.8) is 0 Å². The molecule has 2 aromatic carbocycles. The Hall–Kier alpha value is -3.07. The normalized spacial score (nSPS) is 11.7. The molecule has 1 amide bonds. The van der Waals surface area contributed by atoms with E-state index in [4.69, 9.17) is 4.42 Å². The number of hydrogen-bond donors (Lipinski definition) is 2. The van der Waals surface area contributed by atoms with Crippen LogP contribution in [-0.2, 0) is 6.18 Å². The molecule has 0 aliphatic rings. The molecule has 0 spiro atoms. The van der Waals surface area contributed by atoms with Gasteiger partial charge in [-0.1, -0.05) is 34.1 Å². The topological polar surface area (TPSA) is 74.8 Å². The second-order valence-corrected chi connectivity index (χ2v) is 6.52. The quantitative estimate of drug-likeness (QED) is 0.422. The van der Waals surface area contributed by atoms with Gasteiger partial charge >= 0.3 is 6.18 Å². The minimum Gasteiger partial charge on any atom is -0.507 e. The zero-order valence-corrected chi connectivity index (χ0v) is 15.6. The summed E-state index contributed by atoms with van der Waals surface area (Å²) in [6, 6.07) is 12.2. The highest BCUT2D eigenvalue weighted by Gasteiger charge is 2.34. The van der Waals surface area contributed by atoms with E-state index in [-0.39, 0.29) is 28.4 Å². The lowest BCUT2D eigenvalue weighted by molar-refractivity contribution is -0.137. The van der Waals surface area contributed by atoms with Gasteiger partial charge in [-0.2, -0.15) is 18.3 Å². The van der Waals surface area contributed by atoms with Crippen LogP contribution in [0.1, 0.15) is 21.7 Å². The molecule has 0 aliphatic heterocycles. The summed E-state index contributed by atoms with van der Waals surface area (Å²) in [5.74, 6) is -0.722. The summed E-state index contributed by atoms with van der Waals surface area (Å²) in [5, 5.41) is 13.4. The molecule has 1 aromatic heterocycles. The van der Waals surface area contributed by atoms with Crippen molar-refractivity contribution in [2.75, 3.05) is 0 Å². The summed E-state index contributed by atoms with van der Waals surface area (Å²) in [6.07, 6.45) is -3.37. The molecule has 0 fully saturated rings. The van der Waals surface area contributed by atoms with E-state index in [2.05, 4.69) is 26.5 Å². The molecule has 0 radical (unpaired) electrons. The number of furan rings is 1. The van der Waals surface area contributed by atoms with Gasteiger partial charge in [0.15, 0.2) is 0 Å². The van der Waals surface area contributed by atoms with Gasteiger partial charge in [0.25, 0.3) is 5.91 Å². The molecule has 0 saturated heterocycles. The van der Waals surface area contributed by atoms with Crippen LogP contribution >= 0.6 is 15.9 Å². The molecule has 5 nitrogen and oxygen atoms in total. The average Bonchev–Trinajstić information content (AvgIpc) is 3.11. The Labute approximate surface area is 165 Å². The number of amides is 1. The number of halogens is 4. The van der Waals surface area contributed by atoms with Crippen molar-refractivity contribution in [3.8, 4) is 17.1 Å². The molecular formula is C19H12BrF3N2O3. The molecule has 3 rings (SSSR count). The molecular weight excluding hydrogens is 441 g/mol. The van der Waals surface area contributed by atoms with E-state index < -0.39 is 17.6 Å². The molecule has 0 bridgehead atoms. The lowest BCUT2D eigenvalue weighted by Gasteiger charge is -2.10. The summed E-state index contributed by atoms with van der Waals surface area (Å²) >= 11 is 3.19. The van der Waals surface area contributed by atoms with Crippen LogP contribution in [0.2, 0.25) is 0 Å². The van der Waals surface area contributed by atoms with Crippen LogP contribution < -0.4 is 5.43 Å². The molecule has 2 N–H and O–H groups in total. The zero-order chi connectivity index (χ0) is 20.3. The Morgan fingerprint density at radius 2 is 1.89 bits per heavy atom. The number of alkyl halides is 3. The molecule has 1 heterocycles. The summed E-state index contributed by atoms with van der Waals surface area (Å²) in [5.41, 5.74) is 1.30. The number of carbonyl (C=O) groups excluding carboxylic acids is 1. The average molecular weight is 453 g/mol. The SMILES string of the molecule is O=C(N/N=C/c1ccc(-c2ccccc2C(F)(F)F)o1)c1cc(Br)ccc1O. The van der Waals surface area contributed by atoms with Crippen molar-refractivity contribution in [1.82, 2.24) is 5.43 Å². The number of benzene rings is 2. The van der Waals surface area contributed by atoms with E-state index in [1.54, 1.807) is 6.07 Å². The Kier molecular flexibility index (Phi) is 5.55. The van der Waals surface area contributed by atoms with Gasteiger partial charge in [0.2, 0.25) is 0 Å². The molecule has 0 saturated carbocycles. The smallest absolute Gasteiger partial charge is 0.417 e. The molecule has 0 atom stereocenters. The fourth-order valence-electron chi connectivity index (χ4n) is 2.42. The van der Waals surface area contributed by atoms with E-state index in [1.807, 2.05) is 0 Å². The van der Waals surface area contributed by atoms with Gasteiger partial charge in [0, 0.05) is 10.0 Å². The predicted molar refractivity (Wildman–Crippen MR) is 100 cm³/mol. The summed E-state index contributed by atoms with van der Waals surface area (Å²) in [4.78, 5) is 12.0. The number of aromatic hydroxyl groups is 1. The number of hydrazone groups is 1. The van der Waals surface area contributed by atoms with E-state index in [0.29, 0.717) is 4.47 Å². The van der Waals surface area contributed by atoms with Gasteiger partial charge in [-0.25, -0.2) is 5.43 Å². The maximum absolute atomic E-state index is 13.1. The lowest BCUT2D eigenvalue weighted by atomic mass is 10.1. The van der Waals surface area contributed by atoms with Gasteiger partial charge < -0.3 is 9.52 Å². The largest absolute Gasteiger partial charge is 0.507 e. The summed E-state index contributed by atoms with van der Waals surface area (Å²) < 4.78 is 45.3. The standard InChI is InChI=1S/C19H12BrF3N2O3/c20-11-5-7-16(26)14(9-11)18(27)25-24-10-12-6-8-17(28-12)13-3-1-2-4-15(13)19(21,22)23/h1-10,26H,(H,25,27)/b24-10+. The number of nitrogens with zero attached hydrogens (tertiary/aromatic N) is 1. The Morgan fingerprint density at radius 1 is 1.14 bits per heavy atom. The van der Waals surface area contributed by atoms with Gasteiger partial charge in [0.05, 0.1) is 17.3 Å². The number of phenols is 1. The second kappa shape index (κ2) is 7.89. The van der Waals surface area contributed by atoms with Gasteiger partial charge in [-0.15, -0.1) is 0 Å². The number of phenolic OH excluding ortho intramolecular Hbond substituents is 1. The third kappa shape index (κ3) is 4.42. The van der Waals surface area contributed by atoms with Gasteiger partial charge in [-0.3, -0.25) is 4.79 Å². The lowest BCUT2D eigenvalue weighted by Crippen LogP contribution is -2.17. The first-order chi connectivity index (χ1) is 13.3. The molecule has 3 aromatic rings. The van der Waals surface area contributed by atoms with E-state index in [0.717, 1.165) is 12.3 Å². The van der Waals surface area contributed by atoms with Crippen LogP contribution in [0.4, 0.5) is 13.2 Å². The highest BCUT2D eigenvalue weighted by molar-refractivity contribution is 9.10. The molecule has 144 valence electrons. The van der Waals surface area contributed by atoms with E-state index >= 15 is 0 Å². The summed E-state index contributed by atoms with van der Waals surface area (Å²) in [7, 11) is 0. The maximum atomic E-state index is 13.1. The highest BCUT2D eigenvalue weighted by Crippen LogP contribution is 2.37. The highest BCUT2D eigenvalue weighted by atomic mass is 79.9. The maximum Gasteiger partial charge on any atom is 0.417 e. The van der Waals surface area contributed by atoms with Crippen molar-refractivity contribution >= 4 is 28.1 Å². The minimum atomic E-state index is -4.52. The number of rotatable bonds is 4. The molecule has 0 unspecified atom stereocenters. The van der Waals surface area contributed by atoms with Crippen LogP contribution in [0.15, 0.2) is 68.6 Å². The van der Waals surface area contributed by atoms with Crippen LogP contribution in [0.5, 0.6) is 5.75 Å². The third-order valence-corrected chi connectivity index (χ3v) is 4.18. The Morgan fingerprint density at radius 3 is 2.64 bits per heavy atom. The van der Waals surface area contributed by atoms with Crippen LogP contribution in [0.3, 0.4) is 0 Å². The first kappa shape index (κ1) is 19.7. The predicted octanol–water partition coefficient (Wildman–Crippen LogP) is 5.20. The minimum absolute atomic E-state index is 0.00534.